The number of carbonyl (C=O) groups excluding carboxylic acids is 1. The van der Waals surface area contributed by atoms with Crippen molar-refractivity contribution in [2.24, 2.45) is 0 Å². The summed E-state index contributed by atoms with van der Waals surface area (Å²) in [6, 6.07) is 0. The number of amides is 1. The summed E-state index contributed by atoms with van der Waals surface area (Å²) in [4.78, 5) is 10.8. The predicted octanol–water partition coefficient (Wildman–Crippen LogP) is 2.57. The number of hydrogen-bond donors (Lipinski definition) is 3. The van der Waals surface area contributed by atoms with E-state index >= 15 is 0 Å². The first-order valence-electron chi connectivity index (χ1n) is 7.23. The van der Waals surface area contributed by atoms with E-state index in [1.54, 1.807) is 11.7 Å². The lowest BCUT2D eigenvalue weighted by molar-refractivity contribution is -0.129. The fourth-order valence-corrected chi connectivity index (χ4v) is 1.84. The standard InChI is InChI=1S/C16H24N2O3/c1-14(8-4-5-9-15-10-7-13-21-15)17-12-6-2-3-11-16(19)18-20/h4-5,7-9,13,15,17,20H,1-3,6,10-12H2,(H,18,19)/b8-4+,9-5+. The van der Waals surface area contributed by atoms with Crippen molar-refractivity contribution in [2.45, 2.75) is 38.2 Å². The summed E-state index contributed by atoms with van der Waals surface area (Å²) >= 11 is 0. The number of rotatable bonds is 10. The normalized spacial score (nSPS) is 17.3. The van der Waals surface area contributed by atoms with Gasteiger partial charge in [0.1, 0.15) is 6.10 Å². The van der Waals surface area contributed by atoms with E-state index in [1.807, 2.05) is 30.4 Å². The number of hydrogen-bond acceptors (Lipinski definition) is 4. The first-order chi connectivity index (χ1) is 10.2. The van der Waals surface area contributed by atoms with E-state index in [2.05, 4.69) is 11.9 Å². The van der Waals surface area contributed by atoms with Gasteiger partial charge in [0.05, 0.1) is 6.26 Å². The molecule has 21 heavy (non-hydrogen) atoms. The molecule has 0 bridgehead atoms. The summed E-state index contributed by atoms with van der Waals surface area (Å²) in [6.07, 6.45) is 15.7. The highest BCUT2D eigenvalue weighted by molar-refractivity contribution is 5.74. The molecule has 0 radical (unpaired) electrons. The van der Waals surface area contributed by atoms with Crippen LogP contribution in [0.3, 0.4) is 0 Å². The van der Waals surface area contributed by atoms with Crippen LogP contribution in [0.15, 0.2) is 48.9 Å². The Morgan fingerprint density at radius 2 is 2.24 bits per heavy atom. The van der Waals surface area contributed by atoms with Gasteiger partial charge in [0, 0.05) is 25.1 Å². The molecule has 116 valence electrons. The molecule has 1 rings (SSSR count). The minimum atomic E-state index is -0.330. The Kier molecular flexibility index (Phi) is 8.72. The van der Waals surface area contributed by atoms with Crippen molar-refractivity contribution >= 4 is 5.91 Å². The molecule has 1 unspecified atom stereocenters. The first kappa shape index (κ1) is 17.0. The van der Waals surface area contributed by atoms with E-state index in [9.17, 15) is 4.79 Å². The Labute approximate surface area is 126 Å². The number of ether oxygens (including phenoxy) is 1. The summed E-state index contributed by atoms with van der Waals surface area (Å²) in [5.41, 5.74) is 2.49. The third-order valence-electron chi connectivity index (χ3n) is 3.01. The predicted molar refractivity (Wildman–Crippen MR) is 82.4 cm³/mol. The van der Waals surface area contributed by atoms with Crippen molar-refractivity contribution in [3.05, 3.63) is 48.9 Å². The van der Waals surface area contributed by atoms with Crippen LogP contribution >= 0.6 is 0 Å². The largest absolute Gasteiger partial charge is 0.494 e. The zero-order valence-corrected chi connectivity index (χ0v) is 12.3. The Balaban J connectivity index is 1.99. The number of hydroxylamine groups is 1. The Morgan fingerprint density at radius 1 is 1.38 bits per heavy atom. The summed E-state index contributed by atoms with van der Waals surface area (Å²) in [6.45, 7) is 4.73. The van der Waals surface area contributed by atoms with Gasteiger partial charge in [-0.2, -0.15) is 0 Å². The van der Waals surface area contributed by atoms with E-state index in [0.717, 1.165) is 37.9 Å². The van der Waals surface area contributed by atoms with E-state index in [1.165, 1.54) is 0 Å². The van der Waals surface area contributed by atoms with Crippen molar-refractivity contribution in [2.75, 3.05) is 6.54 Å². The van der Waals surface area contributed by atoms with Crippen LogP contribution in [-0.2, 0) is 9.53 Å². The molecule has 0 spiro atoms. The van der Waals surface area contributed by atoms with Crippen LogP contribution in [-0.4, -0.2) is 23.8 Å². The maximum Gasteiger partial charge on any atom is 0.243 e. The molecule has 0 aliphatic carbocycles. The third kappa shape index (κ3) is 8.70. The van der Waals surface area contributed by atoms with Gasteiger partial charge >= 0.3 is 0 Å². The lowest BCUT2D eigenvalue weighted by Gasteiger charge is -2.05. The average Bonchev–Trinajstić information content (AvgIpc) is 3.00. The van der Waals surface area contributed by atoms with E-state index < -0.39 is 0 Å². The van der Waals surface area contributed by atoms with Gasteiger partial charge in [-0.05, 0) is 31.1 Å². The highest BCUT2D eigenvalue weighted by atomic mass is 16.5. The molecule has 1 aliphatic rings. The molecule has 3 N–H and O–H groups in total. The maximum atomic E-state index is 10.8. The molecule has 1 atom stereocenters. The second-order valence-electron chi connectivity index (χ2n) is 4.82. The molecule has 0 aromatic heterocycles. The molecule has 0 saturated carbocycles. The van der Waals surface area contributed by atoms with Crippen LogP contribution in [0.5, 0.6) is 0 Å². The van der Waals surface area contributed by atoms with Gasteiger partial charge in [0.15, 0.2) is 0 Å². The summed E-state index contributed by atoms with van der Waals surface area (Å²) < 4.78 is 5.30. The molecule has 0 fully saturated rings. The molecule has 1 heterocycles. The first-order valence-corrected chi connectivity index (χ1v) is 7.23. The topological polar surface area (TPSA) is 70.6 Å². The van der Waals surface area contributed by atoms with Gasteiger partial charge in [0.25, 0.3) is 0 Å². The Bertz CT molecular complexity index is 406. The van der Waals surface area contributed by atoms with Crippen LogP contribution in [0.4, 0.5) is 0 Å². The highest BCUT2D eigenvalue weighted by Crippen LogP contribution is 2.09. The maximum absolute atomic E-state index is 10.8. The molecule has 0 saturated heterocycles. The molecule has 5 nitrogen and oxygen atoms in total. The quantitative estimate of drug-likeness (QED) is 0.250. The van der Waals surface area contributed by atoms with Gasteiger partial charge in [-0.25, -0.2) is 5.48 Å². The lowest BCUT2D eigenvalue weighted by atomic mass is 10.2. The van der Waals surface area contributed by atoms with Crippen LogP contribution in [0, 0.1) is 0 Å². The highest BCUT2D eigenvalue weighted by Gasteiger charge is 2.04. The van der Waals surface area contributed by atoms with Gasteiger partial charge in [-0.3, -0.25) is 10.0 Å². The van der Waals surface area contributed by atoms with Crippen molar-refractivity contribution in [3.8, 4) is 0 Å². The molecule has 1 amide bonds. The molecule has 0 aromatic rings. The zero-order valence-electron chi connectivity index (χ0n) is 12.3. The van der Waals surface area contributed by atoms with Gasteiger partial charge in [-0.15, -0.1) is 0 Å². The van der Waals surface area contributed by atoms with Gasteiger partial charge < -0.3 is 10.1 Å². The molecular formula is C16H24N2O3. The molecule has 5 heteroatoms. The summed E-state index contributed by atoms with van der Waals surface area (Å²) in [5, 5.41) is 11.5. The smallest absolute Gasteiger partial charge is 0.243 e. The van der Waals surface area contributed by atoms with Crippen LogP contribution in [0.1, 0.15) is 32.1 Å². The Morgan fingerprint density at radius 3 is 2.95 bits per heavy atom. The van der Waals surface area contributed by atoms with Gasteiger partial charge in [0.2, 0.25) is 5.91 Å². The summed E-state index contributed by atoms with van der Waals surface area (Å²) in [5.74, 6) is -0.330. The van der Waals surface area contributed by atoms with Crippen LogP contribution in [0.25, 0.3) is 0 Å². The van der Waals surface area contributed by atoms with Crippen molar-refractivity contribution < 1.29 is 14.7 Å². The fraction of sp³-hybridized carbons (Fsp3) is 0.438. The minimum Gasteiger partial charge on any atom is -0.494 e. The van der Waals surface area contributed by atoms with Crippen LogP contribution < -0.4 is 10.8 Å². The number of nitrogens with one attached hydrogen (secondary N) is 2. The Hall–Kier alpha value is -2.01. The zero-order chi connectivity index (χ0) is 15.3. The van der Waals surface area contributed by atoms with Crippen molar-refractivity contribution in [1.29, 1.82) is 0 Å². The number of allylic oxidation sites excluding steroid dienone is 3. The van der Waals surface area contributed by atoms with E-state index in [4.69, 9.17) is 9.94 Å². The lowest BCUT2D eigenvalue weighted by Crippen LogP contribution is -2.18. The molecule has 0 aromatic carbocycles. The summed E-state index contributed by atoms with van der Waals surface area (Å²) in [7, 11) is 0. The number of unbranched alkanes of at least 4 members (excludes halogenated alkanes) is 2. The van der Waals surface area contributed by atoms with Crippen LogP contribution in [0.2, 0.25) is 0 Å². The van der Waals surface area contributed by atoms with Gasteiger partial charge in [-0.1, -0.05) is 25.2 Å². The number of carbonyl (C=O) groups is 1. The fourth-order valence-electron chi connectivity index (χ4n) is 1.84. The van der Waals surface area contributed by atoms with Crippen molar-refractivity contribution in [1.82, 2.24) is 10.8 Å². The third-order valence-corrected chi connectivity index (χ3v) is 3.01. The second kappa shape index (κ2) is 10.7. The monoisotopic (exact) mass is 292 g/mol. The molecule has 1 aliphatic heterocycles. The second-order valence-corrected chi connectivity index (χ2v) is 4.82. The SMILES string of the molecule is C=C(/C=C/C=C/C1CC=CO1)NCCCCCC(=O)NO. The molecular weight excluding hydrogens is 268 g/mol. The van der Waals surface area contributed by atoms with Crippen molar-refractivity contribution in [3.63, 3.8) is 0 Å². The average molecular weight is 292 g/mol. The van der Waals surface area contributed by atoms with E-state index in [0.29, 0.717) is 6.42 Å². The van der Waals surface area contributed by atoms with E-state index in [-0.39, 0.29) is 12.0 Å². The minimum absolute atomic E-state index is 0.159.